The van der Waals surface area contributed by atoms with E-state index in [1.165, 1.54) is 0 Å². The fourth-order valence-electron chi connectivity index (χ4n) is 4.41. The van der Waals surface area contributed by atoms with Crippen LogP contribution in [0.15, 0.2) is 60.7 Å². The number of carbonyl (C=O) groups excluding carboxylic acids is 2. The summed E-state index contributed by atoms with van der Waals surface area (Å²) < 4.78 is 5.49. The first-order chi connectivity index (χ1) is 19.6. The summed E-state index contributed by atoms with van der Waals surface area (Å²) in [6.07, 6.45) is 14.5. The molecule has 0 unspecified atom stereocenters. The first kappa shape index (κ1) is 30.9. The van der Waals surface area contributed by atoms with Crippen molar-refractivity contribution in [3.8, 4) is 52.7 Å². The molecule has 0 aliphatic heterocycles. The first-order valence-corrected chi connectivity index (χ1v) is 13.8. The lowest BCUT2D eigenvalue weighted by Gasteiger charge is -2.25. The van der Waals surface area contributed by atoms with E-state index < -0.39 is 17.7 Å². The van der Waals surface area contributed by atoms with Crippen molar-refractivity contribution >= 4 is 12.0 Å². The van der Waals surface area contributed by atoms with Gasteiger partial charge in [0.1, 0.15) is 17.4 Å². The Hall–Kier alpha value is -4.68. The largest absolute Gasteiger partial charge is 0.507 e. The summed E-state index contributed by atoms with van der Waals surface area (Å²) >= 11 is 0. The zero-order valence-electron chi connectivity index (χ0n) is 24.2. The third-order valence-electron chi connectivity index (χ3n) is 6.40. The summed E-state index contributed by atoms with van der Waals surface area (Å²) in [7, 11) is 0. The predicted molar refractivity (Wildman–Crippen MR) is 164 cm³/mol. The molecule has 3 rings (SSSR count). The number of phenols is 1. The monoisotopic (exact) mass is 550 g/mol. The van der Waals surface area contributed by atoms with Gasteiger partial charge in [0.25, 0.3) is 0 Å². The quantitative estimate of drug-likeness (QED) is 0.188. The highest BCUT2D eigenvalue weighted by atomic mass is 16.6. The lowest BCUT2D eigenvalue weighted by atomic mass is 9.91. The minimum atomic E-state index is -1.10. The van der Waals surface area contributed by atoms with Crippen molar-refractivity contribution in [2.45, 2.75) is 65.0 Å². The number of rotatable bonds is 10. The lowest BCUT2D eigenvalue weighted by molar-refractivity contribution is -0.123. The van der Waals surface area contributed by atoms with Gasteiger partial charge in [-0.05, 0) is 80.3 Å². The maximum Gasteiger partial charge on any atom is 0.408 e. The molecular formula is C35H38N2O4. The summed E-state index contributed by atoms with van der Waals surface area (Å²) in [4.78, 5) is 26.5. The molecule has 0 saturated carbocycles. The van der Waals surface area contributed by atoms with Crippen molar-refractivity contribution in [3.63, 3.8) is 0 Å². The minimum absolute atomic E-state index is 0.00640. The number of benzene rings is 3. The van der Waals surface area contributed by atoms with Gasteiger partial charge in [0, 0.05) is 28.8 Å². The number of alkyl carbamates (subject to hydrolysis) is 1. The first-order valence-electron chi connectivity index (χ1n) is 13.8. The summed E-state index contributed by atoms with van der Waals surface area (Å²) in [5.41, 5.74) is 3.19. The minimum Gasteiger partial charge on any atom is -0.507 e. The van der Waals surface area contributed by atoms with Gasteiger partial charge in [-0.1, -0.05) is 62.3 Å². The van der Waals surface area contributed by atoms with Crippen LogP contribution in [0.2, 0.25) is 0 Å². The van der Waals surface area contributed by atoms with E-state index in [9.17, 15) is 14.7 Å². The van der Waals surface area contributed by atoms with Gasteiger partial charge in [-0.2, -0.15) is 0 Å². The second-order valence-corrected chi connectivity index (χ2v) is 10.8. The van der Waals surface area contributed by atoms with Crippen LogP contribution in [0.1, 0.15) is 76.1 Å². The number of nitrogens with one attached hydrogen (secondary N) is 2. The molecule has 3 N–H and O–H groups in total. The Bertz CT molecular complexity index is 1390. The van der Waals surface area contributed by atoms with Gasteiger partial charge in [0.2, 0.25) is 5.91 Å². The molecule has 3 aromatic rings. The van der Waals surface area contributed by atoms with Crippen LogP contribution in [0.3, 0.4) is 0 Å². The van der Waals surface area contributed by atoms with E-state index >= 15 is 0 Å². The summed E-state index contributed by atoms with van der Waals surface area (Å²) in [6, 6.07) is 16.7. The highest BCUT2D eigenvalue weighted by Gasteiger charge is 2.28. The maximum atomic E-state index is 13.6. The van der Waals surface area contributed by atoms with Crippen LogP contribution in [0.4, 0.5) is 4.79 Å². The summed E-state index contributed by atoms with van der Waals surface area (Å²) in [6.45, 7) is 7.85. The van der Waals surface area contributed by atoms with Crippen molar-refractivity contribution in [1.29, 1.82) is 0 Å². The third-order valence-corrected chi connectivity index (χ3v) is 6.40. The van der Waals surface area contributed by atoms with Gasteiger partial charge in [0.15, 0.2) is 0 Å². The van der Waals surface area contributed by atoms with E-state index in [0.717, 1.165) is 25.7 Å². The third kappa shape index (κ3) is 8.65. The predicted octanol–water partition coefficient (Wildman–Crippen LogP) is 6.95. The van der Waals surface area contributed by atoms with Crippen molar-refractivity contribution < 1.29 is 19.4 Å². The van der Waals surface area contributed by atoms with E-state index in [1.807, 2.05) is 12.1 Å². The van der Waals surface area contributed by atoms with E-state index in [2.05, 4.69) is 29.4 Å². The molecule has 6 nitrogen and oxygen atoms in total. The Morgan fingerprint density at radius 3 is 1.95 bits per heavy atom. The van der Waals surface area contributed by atoms with Gasteiger partial charge in [-0.15, -0.1) is 12.8 Å². The smallest absolute Gasteiger partial charge is 0.408 e. The van der Waals surface area contributed by atoms with Crippen molar-refractivity contribution in [2.75, 3.05) is 6.54 Å². The molecule has 0 bridgehead atoms. The Morgan fingerprint density at radius 1 is 0.902 bits per heavy atom. The summed E-state index contributed by atoms with van der Waals surface area (Å²) in [5, 5.41) is 17.2. The lowest BCUT2D eigenvalue weighted by Crippen LogP contribution is -2.42. The van der Waals surface area contributed by atoms with Gasteiger partial charge in [0.05, 0.1) is 0 Å². The molecule has 2 amide bonds. The summed E-state index contributed by atoms with van der Waals surface area (Å²) in [5.74, 6) is 4.84. The van der Waals surface area contributed by atoms with Crippen LogP contribution in [-0.4, -0.2) is 29.3 Å². The van der Waals surface area contributed by atoms with Crippen LogP contribution < -0.4 is 10.6 Å². The van der Waals surface area contributed by atoms with Crippen LogP contribution in [-0.2, 0) is 9.53 Å². The molecule has 41 heavy (non-hydrogen) atoms. The van der Waals surface area contributed by atoms with E-state index in [0.29, 0.717) is 45.5 Å². The van der Waals surface area contributed by atoms with Crippen molar-refractivity contribution in [3.05, 3.63) is 77.4 Å². The van der Waals surface area contributed by atoms with Crippen LogP contribution in [0.5, 0.6) is 5.75 Å². The van der Waals surface area contributed by atoms with Gasteiger partial charge in [-0.3, -0.25) is 4.79 Å². The molecule has 0 heterocycles. The Balaban J connectivity index is 2.17. The normalized spacial score (nSPS) is 11.6. The molecule has 0 aliphatic rings. The molecule has 0 fully saturated rings. The number of ether oxygens (including phenoxy) is 1. The number of phenolic OH excluding ortho intramolecular Hbond substituents is 1. The average Bonchev–Trinajstić information content (AvgIpc) is 2.95. The second-order valence-electron chi connectivity index (χ2n) is 10.8. The maximum absolute atomic E-state index is 13.6. The zero-order chi connectivity index (χ0) is 30.0. The number of unbranched alkanes of at least 4 members (excludes halogenated alkanes) is 3. The molecular weight excluding hydrogens is 512 g/mol. The number of carbonyl (C=O) groups is 2. The SMILES string of the molecule is C#Cc1cccc(-c2cc([C@@H](NC(=O)OC(C)(C)C)C(=O)NCCCCCC)cc(-c3cccc(C#C)c3)c2O)c1. The topological polar surface area (TPSA) is 87.7 Å². The molecule has 6 heteroatoms. The molecule has 0 radical (unpaired) electrons. The standard InChI is InChI=1S/C35H38N2O4/c1-7-10-11-12-19-36-33(39)31(37-34(40)41-35(4,5)6)28-22-29(26-17-13-15-24(8-2)20-26)32(38)30(23-28)27-18-14-16-25(9-3)21-27/h2-3,13-18,20-23,31,38H,7,10-12,19H2,1,4-6H3,(H,36,39)(H,37,40)/t31-/m1/s1. The van der Waals surface area contributed by atoms with Gasteiger partial charge < -0.3 is 20.5 Å². The molecule has 0 saturated heterocycles. The van der Waals surface area contributed by atoms with Crippen LogP contribution >= 0.6 is 0 Å². The Morgan fingerprint density at radius 2 is 1.46 bits per heavy atom. The Labute approximate surface area is 243 Å². The number of terminal acetylenes is 2. The highest BCUT2D eigenvalue weighted by molar-refractivity contribution is 5.90. The van der Waals surface area contributed by atoms with Crippen molar-refractivity contribution in [2.24, 2.45) is 0 Å². The zero-order valence-corrected chi connectivity index (χ0v) is 24.2. The van der Waals surface area contributed by atoms with E-state index in [-0.39, 0.29) is 11.7 Å². The number of hydrogen-bond donors (Lipinski definition) is 3. The molecule has 3 aromatic carbocycles. The number of hydrogen-bond acceptors (Lipinski definition) is 4. The molecule has 0 spiro atoms. The second kappa shape index (κ2) is 14.1. The Kier molecular flexibility index (Phi) is 10.6. The van der Waals surface area contributed by atoms with Gasteiger partial charge >= 0.3 is 6.09 Å². The van der Waals surface area contributed by atoms with E-state index in [4.69, 9.17) is 17.6 Å². The fourth-order valence-corrected chi connectivity index (χ4v) is 4.41. The molecule has 1 atom stereocenters. The van der Waals surface area contributed by atoms with E-state index in [1.54, 1.807) is 69.3 Å². The van der Waals surface area contributed by atoms with Crippen LogP contribution in [0.25, 0.3) is 22.3 Å². The fraction of sp³-hybridized carbons (Fsp3) is 0.314. The van der Waals surface area contributed by atoms with Gasteiger partial charge in [-0.25, -0.2) is 4.79 Å². The number of aromatic hydroxyl groups is 1. The van der Waals surface area contributed by atoms with Crippen molar-refractivity contribution in [1.82, 2.24) is 10.6 Å². The number of amides is 2. The highest BCUT2D eigenvalue weighted by Crippen LogP contribution is 2.41. The molecule has 0 aromatic heterocycles. The molecule has 212 valence electrons. The average molecular weight is 551 g/mol. The molecule has 0 aliphatic carbocycles. The van der Waals surface area contributed by atoms with Crippen LogP contribution in [0, 0.1) is 24.7 Å².